The molecule has 0 aliphatic carbocycles. The molecule has 2 aromatic rings. The summed E-state index contributed by atoms with van der Waals surface area (Å²) in [5.74, 6) is 1.20. The number of methoxy groups -OCH3 is 1. The predicted octanol–water partition coefficient (Wildman–Crippen LogP) is 3.48. The average molecular weight is 353 g/mol. The number of anilines is 1. The second kappa shape index (κ2) is 8.23. The van der Waals surface area contributed by atoms with Gasteiger partial charge in [-0.1, -0.05) is 30.3 Å². The van der Waals surface area contributed by atoms with E-state index in [1.807, 2.05) is 24.3 Å². The maximum Gasteiger partial charge on any atom is 0.193 e. The molecule has 3 rings (SSSR count). The molecule has 138 valence electrons. The maximum atomic E-state index is 6.16. The zero-order valence-corrected chi connectivity index (χ0v) is 15.5. The van der Waals surface area contributed by atoms with Crippen molar-refractivity contribution in [3.63, 3.8) is 0 Å². The van der Waals surface area contributed by atoms with E-state index in [2.05, 4.69) is 41.5 Å². The van der Waals surface area contributed by atoms with Gasteiger partial charge in [-0.2, -0.15) is 0 Å². The van der Waals surface area contributed by atoms with E-state index < -0.39 is 0 Å². The number of nitrogens with one attached hydrogen (secondary N) is 1. The van der Waals surface area contributed by atoms with Gasteiger partial charge < -0.3 is 20.5 Å². The Balaban J connectivity index is 1.78. The van der Waals surface area contributed by atoms with Gasteiger partial charge in [-0.05, 0) is 43.0 Å². The quantitative estimate of drug-likeness (QED) is 0.638. The molecule has 1 fully saturated rings. The van der Waals surface area contributed by atoms with Crippen molar-refractivity contribution in [1.82, 2.24) is 0 Å². The van der Waals surface area contributed by atoms with Crippen molar-refractivity contribution in [1.29, 1.82) is 0 Å². The summed E-state index contributed by atoms with van der Waals surface area (Å²) in [6, 6.07) is 16.2. The van der Waals surface area contributed by atoms with Gasteiger partial charge in [0.15, 0.2) is 5.96 Å². The molecule has 1 aliphatic rings. The standard InChI is InChI=1S/C21H27N3O2/c1-16-6-3-4-9-19(16)21(10-12-26-13-11-21)15-23-20(22)24-17-7-5-8-18(14-17)25-2/h3-9,14H,10-13,15H2,1-2H3,(H3,22,23,24). The molecule has 0 saturated carbocycles. The van der Waals surface area contributed by atoms with Crippen LogP contribution < -0.4 is 15.8 Å². The molecular weight excluding hydrogens is 326 g/mol. The van der Waals surface area contributed by atoms with E-state index in [1.165, 1.54) is 11.1 Å². The van der Waals surface area contributed by atoms with Crippen molar-refractivity contribution in [3.8, 4) is 5.75 Å². The molecule has 0 unspecified atom stereocenters. The summed E-state index contributed by atoms with van der Waals surface area (Å²) in [4.78, 5) is 4.68. The number of guanidine groups is 1. The van der Waals surface area contributed by atoms with Gasteiger partial charge in [0, 0.05) is 30.4 Å². The van der Waals surface area contributed by atoms with Gasteiger partial charge in [0.05, 0.1) is 13.7 Å². The minimum atomic E-state index is -0.0235. The van der Waals surface area contributed by atoms with Crippen LogP contribution >= 0.6 is 0 Å². The molecule has 5 nitrogen and oxygen atoms in total. The summed E-state index contributed by atoms with van der Waals surface area (Å²) >= 11 is 0. The number of nitrogens with two attached hydrogens (primary N) is 1. The summed E-state index contributed by atoms with van der Waals surface area (Å²) in [7, 11) is 1.65. The second-order valence-corrected chi connectivity index (χ2v) is 6.77. The van der Waals surface area contributed by atoms with Crippen LogP contribution in [0.25, 0.3) is 0 Å². The zero-order valence-electron chi connectivity index (χ0n) is 15.5. The van der Waals surface area contributed by atoms with Crippen LogP contribution in [-0.2, 0) is 10.2 Å². The van der Waals surface area contributed by atoms with Crippen molar-refractivity contribution in [2.45, 2.75) is 25.2 Å². The molecule has 0 bridgehead atoms. The summed E-state index contributed by atoms with van der Waals surface area (Å²) in [6.45, 7) is 4.32. The van der Waals surface area contributed by atoms with Crippen molar-refractivity contribution < 1.29 is 9.47 Å². The van der Waals surface area contributed by atoms with E-state index in [9.17, 15) is 0 Å². The third-order valence-corrected chi connectivity index (χ3v) is 5.06. The Morgan fingerprint density at radius 3 is 2.69 bits per heavy atom. The number of benzene rings is 2. The van der Waals surface area contributed by atoms with Gasteiger partial charge >= 0.3 is 0 Å². The van der Waals surface area contributed by atoms with Crippen LogP contribution in [0.5, 0.6) is 5.75 Å². The minimum Gasteiger partial charge on any atom is -0.497 e. The van der Waals surface area contributed by atoms with Gasteiger partial charge in [-0.15, -0.1) is 0 Å². The largest absolute Gasteiger partial charge is 0.497 e. The first-order chi connectivity index (χ1) is 12.6. The van der Waals surface area contributed by atoms with E-state index in [4.69, 9.17) is 15.2 Å². The van der Waals surface area contributed by atoms with E-state index in [-0.39, 0.29) is 5.41 Å². The highest BCUT2D eigenvalue weighted by Gasteiger charge is 2.35. The highest BCUT2D eigenvalue weighted by Crippen LogP contribution is 2.37. The molecule has 3 N–H and O–H groups in total. The molecular formula is C21H27N3O2. The topological polar surface area (TPSA) is 68.9 Å². The van der Waals surface area contributed by atoms with E-state index in [0.29, 0.717) is 12.5 Å². The van der Waals surface area contributed by atoms with E-state index in [1.54, 1.807) is 7.11 Å². The number of aliphatic imine (C=N–C) groups is 1. The lowest BCUT2D eigenvalue weighted by Gasteiger charge is -2.37. The molecule has 0 radical (unpaired) electrons. The highest BCUT2D eigenvalue weighted by molar-refractivity contribution is 5.92. The Bertz CT molecular complexity index is 767. The SMILES string of the molecule is COc1cccc(NC(N)=NCC2(c3ccccc3C)CCOCC2)c1. The van der Waals surface area contributed by atoms with Gasteiger partial charge in [-0.3, -0.25) is 4.99 Å². The Hall–Kier alpha value is -2.53. The lowest BCUT2D eigenvalue weighted by atomic mass is 9.72. The van der Waals surface area contributed by atoms with Crippen LogP contribution in [0.2, 0.25) is 0 Å². The van der Waals surface area contributed by atoms with Crippen molar-refractivity contribution in [2.24, 2.45) is 10.7 Å². The smallest absolute Gasteiger partial charge is 0.193 e. The third kappa shape index (κ3) is 4.17. The minimum absolute atomic E-state index is 0.0235. The second-order valence-electron chi connectivity index (χ2n) is 6.77. The van der Waals surface area contributed by atoms with E-state index in [0.717, 1.165) is 37.5 Å². The fourth-order valence-electron chi connectivity index (χ4n) is 3.57. The fraction of sp³-hybridized carbons (Fsp3) is 0.381. The molecule has 1 heterocycles. The van der Waals surface area contributed by atoms with Crippen LogP contribution in [0.4, 0.5) is 5.69 Å². The number of hydrogen-bond acceptors (Lipinski definition) is 3. The monoisotopic (exact) mass is 353 g/mol. The lowest BCUT2D eigenvalue weighted by molar-refractivity contribution is 0.0529. The van der Waals surface area contributed by atoms with Crippen LogP contribution in [0.1, 0.15) is 24.0 Å². The molecule has 0 atom stereocenters. The highest BCUT2D eigenvalue weighted by atomic mass is 16.5. The molecule has 2 aromatic carbocycles. The van der Waals surface area contributed by atoms with Crippen LogP contribution in [0, 0.1) is 6.92 Å². The van der Waals surface area contributed by atoms with Gasteiger partial charge in [0.2, 0.25) is 0 Å². The van der Waals surface area contributed by atoms with Gasteiger partial charge in [0.25, 0.3) is 0 Å². The van der Waals surface area contributed by atoms with Crippen molar-refractivity contribution >= 4 is 11.6 Å². The summed E-state index contributed by atoms with van der Waals surface area (Å²) in [5, 5.41) is 3.16. The predicted molar refractivity (Wildman–Crippen MR) is 106 cm³/mol. The Morgan fingerprint density at radius 1 is 1.19 bits per heavy atom. The van der Waals surface area contributed by atoms with Crippen LogP contribution in [0.3, 0.4) is 0 Å². The lowest BCUT2D eigenvalue weighted by Crippen LogP contribution is -2.38. The molecule has 0 spiro atoms. The Kier molecular flexibility index (Phi) is 5.78. The molecule has 1 saturated heterocycles. The molecule has 1 aliphatic heterocycles. The number of ether oxygens (including phenoxy) is 2. The van der Waals surface area contributed by atoms with Crippen LogP contribution in [-0.4, -0.2) is 32.8 Å². The summed E-state index contributed by atoms with van der Waals surface area (Å²) in [6.07, 6.45) is 1.90. The molecule has 26 heavy (non-hydrogen) atoms. The first kappa shape index (κ1) is 18.3. The molecule has 0 amide bonds. The first-order valence-corrected chi connectivity index (χ1v) is 8.98. The van der Waals surface area contributed by atoms with E-state index >= 15 is 0 Å². The Morgan fingerprint density at radius 2 is 1.96 bits per heavy atom. The summed E-state index contributed by atoms with van der Waals surface area (Å²) in [5.41, 5.74) is 9.64. The number of rotatable bonds is 5. The number of aryl methyl sites for hydroxylation is 1. The third-order valence-electron chi connectivity index (χ3n) is 5.06. The van der Waals surface area contributed by atoms with Crippen molar-refractivity contribution in [3.05, 3.63) is 59.7 Å². The Labute approximate surface area is 155 Å². The van der Waals surface area contributed by atoms with Gasteiger partial charge in [0.1, 0.15) is 5.75 Å². The zero-order chi connectivity index (χ0) is 18.4. The fourth-order valence-corrected chi connectivity index (χ4v) is 3.57. The average Bonchev–Trinajstić information content (AvgIpc) is 2.67. The number of hydrogen-bond donors (Lipinski definition) is 2. The summed E-state index contributed by atoms with van der Waals surface area (Å²) < 4.78 is 10.8. The van der Waals surface area contributed by atoms with Gasteiger partial charge in [-0.25, -0.2) is 0 Å². The maximum absolute atomic E-state index is 6.16. The number of nitrogens with zero attached hydrogens (tertiary/aromatic N) is 1. The first-order valence-electron chi connectivity index (χ1n) is 8.98. The van der Waals surface area contributed by atoms with Crippen molar-refractivity contribution in [2.75, 3.05) is 32.2 Å². The van der Waals surface area contributed by atoms with Crippen LogP contribution in [0.15, 0.2) is 53.5 Å². The molecule has 5 heteroatoms. The normalized spacial score (nSPS) is 16.9. The molecule has 0 aromatic heterocycles.